The summed E-state index contributed by atoms with van der Waals surface area (Å²) in [5.74, 6) is -0.319. The highest BCUT2D eigenvalue weighted by atomic mass is 19.1. The minimum atomic E-state index is -0.338. The molecule has 124 valence electrons. The predicted molar refractivity (Wildman–Crippen MR) is 93.9 cm³/mol. The molecule has 0 aliphatic carbocycles. The van der Waals surface area contributed by atoms with Crippen LogP contribution in [0.3, 0.4) is 0 Å². The van der Waals surface area contributed by atoms with E-state index in [4.69, 9.17) is 0 Å². The molecule has 1 aliphatic rings. The molecule has 0 spiro atoms. The van der Waals surface area contributed by atoms with E-state index in [1.807, 2.05) is 57.2 Å². The number of nitrogens with one attached hydrogen (secondary N) is 1. The maximum absolute atomic E-state index is 14.2. The van der Waals surface area contributed by atoms with Gasteiger partial charge >= 0.3 is 0 Å². The first-order valence-electron chi connectivity index (χ1n) is 8.02. The molecule has 1 amide bonds. The number of amides is 1. The van der Waals surface area contributed by atoms with Gasteiger partial charge in [0.15, 0.2) is 0 Å². The van der Waals surface area contributed by atoms with E-state index >= 15 is 0 Å². The normalized spacial score (nSPS) is 17.6. The number of carbonyl (C=O) groups is 1. The second kappa shape index (κ2) is 6.48. The van der Waals surface area contributed by atoms with E-state index in [0.717, 1.165) is 22.3 Å². The van der Waals surface area contributed by atoms with Gasteiger partial charge in [0, 0.05) is 12.1 Å². The number of benzene rings is 2. The van der Waals surface area contributed by atoms with Crippen molar-refractivity contribution >= 4 is 11.6 Å². The Hall–Kier alpha value is -2.62. The summed E-state index contributed by atoms with van der Waals surface area (Å²) >= 11 is 0. The molecule has 3 rings (SSSR count). The number of nitrogens with zero attached hydrogens (tertiary/aromatic N) is 1. The smallest absolute Gasteiger partial charge is 0.251 e. The Bertz CT molecular complexity index is 799. The fraction of sp³-hybridized carbons (Fsp3) is 0.250. The third kappa shape index (κ3) is 3.04. The molecule has 2 aromatic carbocycles. The summed E-state index contributed by atoms with van der Waals surface area (Å²) in [6.45, 7) is 6.08. The number of anilines is 1. The van der Waals surface area contributed by atoms with Crippen LogP contribution in [-0.2, 0) is 11.3 Å². The number of hydrogen-bond acceptors (Lipinski definition) is 2. The minimum absolute atomic E-state index is 0.0126. The zero-order valence-corrected chi connectivity index (χ0v) is 14.1. The molecular weight excluding hydrogens is 303 g/mol. The summed E-state index contributed by atoms with van der Waals surface area (Å²) in [6, 6.07) is 14.9. The number of rotatable bonds is 4. The molecule has 3 nitrogen and oxygen atoms in total. The zero-order valence-electron chi connectivity index (χ0n) is 14.1. The average molecular weight is 324 g/mol. The van der Waals surface area contributed by atoms with Gasteiger partial charge in [-0.25, -0.2) is 4.39 Å². The predicted octanol–water partition coefficient (Wildman–Crippen LogP) is 4.25. The van der Waals surface area contributed by atoms with Crippen molar-refractivity contribution in [3.63, 3.8) is 0 Å². The third-order valence-corrected chi connectivity index (χ3v) is 4.51. The Labute approximate surface area is 141 Å². The van der Waals surface area contributed by atoms with Crippen LogP contribution in [0.15, 0.2) is 59.7 Å². The van der Waals surface area contributed by atoms with Gasteiger partial charge in [0.25, 0.3) is 5.91 Å². The highest BCUT2D eigenvalue weighted by molar-refractivity contribution is 5.97. The summed E-state index contributed by atoms with van der Waals surface area (Å²) in [6.07, 6.45) is -0.338. The summed E-state index contributed by atoms with van der Waals surface area (Å²) in [5.41, 5.74) is 3.96. The van der Waals surface area contributed by atoms with Gasteiger partial charge in [-0.1, -0.05) is 36.4 Å². The molecule has 1 aliphatic heterocycles. The molecule has 2 aromatic rings. The van der Waals surface area contributed by atoms with Gasteiger partial charge in [-0.2, -0.15) is 0 Å². The molecule has 1 heterocycles. The van der Waals surface area contributed by atoms with Crippen molar-refractivity contribution in [3.05, 3.63) is 76.6 Å². The monoisotopic (exact) mass is 324 g/mol. The quantitative estimate of drug-likeness (QED) is 0.912. The molecule has 4 heteroatoms. The summed E-state index contributed by atoms with van der Waals surface area (Å²) in [4.78, 5) is 14.3. The Morgan fingerprint density at radius 3 is 2.46 bits per heavy atom. The lowest BCUT2D eigenvalue weighted by molar-refractivity contribution is -0.127. The number of halogens is 1. The first-order valence-corrected chi connectivity index (χ1v) is 8.02. The van der Waals surface area contributed by atoms with E-state index in [2.05, 4.69) is 5.32 Å². The highest BCUT2D eigenvalue weighted by Crippen LogP contribution is 2.29. The van der Waals surface area contributed by atoms with E-state index in [-0.39, 0.29) is 17.9 Å². The van der Waals surface area contributed by atoms with E-state index in [0.29, 0.717) is 12.2 Å². The van der Waals surface area contributed by atoms with Crippen molar-refractivity contribution in [2.75, 3.05) is 5.32 Å². The lowest BCUT2D eigenvalue weighted by Crippen LogP contribution is -2.40. The first kappa shape index (κ1) is 16.2. The van der Waals surface area contributed by atoms with Crippen molar-refractivity contribution in [1.29, 1.82) is 0 Å². The van der Waals surface area contributed by atoms with Crippen LogP contribution in [0.25, 0.3) is 0 Å². The van der Waals surface area contributed by atoms with Crippen molar-refractivity contribution in [1.82, 2.24) is 4.90 Å². The van der Waals surface area contributed by atoms with Crippen LogP contribution in [0.1, 0.15) is 25.0 Å². The van der Waals surface area contributed by atoms with E-state index in [9.17, 15) is 9.18 Å². The number of carbonyl (C=O) groups excluding carboxylic acids is 1. The van der Waals surface area contributed by atoms with E-state index in [1.165, 1.54) is 6.07 Å². The summed E-state index contributed by atoms with van der Waals surface area (Å²) < 4.78 is 14.2. The molecule has 0 bridgehead atoms. The molecule has 0 saturated carbocycles. The van der Waals surface area contributed by atoms with E-state index in [1.54, 1.807) is 11.0 Å². The van der Waals surface area contributed by atoms with Crippen LogP contribution in [0, 0.1) is 12.7 Å². The highest BCUT2D eigenvalue weighted by Gasteiger charge is 2.35. The lowest BCUT2D eigenvalue weighted by atomic mass is 10.1. The SMILES string of the molecule is CC1=C(C)[C@@H](Nc2ccc(C)cc2F)N(Cc2ccccc2)C1=O. The van der Waals surface area contributed by atoms with Gasteiger partial charge in [0.1, 0.15) is 12.0 Å². The first-order chi connectivity index (χ1) is 11.5. The molecule has 0 fully saturated rings. The van der Waals surface area contributed by atoms with Crippen molar-refractivity contribution in [2.24, 2.45) is 0 Å². The van der Waals surface area contributed by atoms with Gasteiger partial charge in [-0.05, 0) is 49.6 Å². The molecule has 1 atom stereocenters. The van der Waals surface area contributed by atoms with Crippen molar-refractivity contribution in [2.45, 2.75) is 33.5 Å². The third-order valence-electron chi connectivity index (χ3n) is 4.51. The largest absolute Gasteiger partial charge is 0.359 e. The Kier molecular flexibility index (Phi) is 4.38. The zero-order chi connectivity index (χ0) is 17.3. The average Bonchev–Trinajstić information content (AvgIpc) is 2.76. The maximum Gasteiger partial charge on any atom is 0.251 e. The Balaban J connectivity index is 1.88. The number of aryl methyl sites for hydroxylation is 1. The van der Waals surface area contributed by atoms with Crippen molar-refractivity contribution in [3.8, 4) is 0 Å². The van der Waals surface area contributed by atoms with Crippen LogP contribution in [0.4, 0.5) is 10.1 Å². The Morgan fingerprint density at radius 1 is 1.08 bits per heavy atom. The van der Waals surface area contributed by atoms with Crippen LogP contribution in [-0.4, -0.2) is 17.0 Å². The van der Waals surface area contributed by atoms with Gasteiger partial charge in [-0.15, -0.1) is 0 Å². The fourth-order valence-corrected chi connectivity index (χ4v) is 2.95. The lowest BCUT2D eigenvalue weighted by Gasteiger charge is -2.28. The standard InChI is InChI=1S/C20H21FN2O/c1-13-9-10-18(17(21)11-13)22-19-14(2)15(3)20(24)23(19)12-16-7-5-4-6-8-16/h4-11,19,22H,12H2,1-3H3/t19-/m0/s1. The van der Waals surface area contributed by atoms with Crippen molar-refractivity contribution < 1.29 is 9.18 Å². The summed E-state index contributed by atoms with van der Waals surface area (Å²) in [7, 11) is 0. The van der Waals surface area contributed by atoms with Crippen LogP contribution < -0.4 is 5.32 Å². The Morgan fingerprint density at radius 2 is 1.79 bits per heavy atom. The van der Waals surface area contributed by atoms with Gasteiger partial charge in [0.05, 0.1) is 5.69 Å². The molecule has 24 heavy (non-hydrogen) atoms. The molecule has 0 saturated heterocycles. The fourth-order valence-electron chi connectivity index (χ4n) is 2.95. The van der Waals surface area contributed by atoms with Gasteiger partial charge in [0.2, 0.25) is 0 Å². The second-order valence-electron chi connectivity index (χ2n) is 6.26. The summed E-state index contributed by atoms with van der Waals surface area (Å²) in [5, 5.41) is 3.19. The number of hydrogen-bond donors (Lipinski definition) is 1. The minimum Gasteiger partial charge on any atom is -0.359 e. The second-order valence-corrected chi connectivity index (χ2v) is 6.26. The van der Waals surface area contributed by atoms with Gasteiger partial charge in [-0.3, -0.25) is 4.79 Å². The van der Waals surface area contributed by atoms with Crippen LogP contribution in [0.5, 0.6) is 0 Å². The maximum atomic E-state index is 14.2. The molecule has 0 unspecified atom stereocenters. The molecule has 0 aromatic heterocycles. The van der Waals surface area contributed by atoms with E-state index < -0.39 is 0 Å². The van der Waals surface area contributed by atoms with Crippen LogP contribution in [0.2, 0.25) is 0 Å². The molecule has 0 radical (unpaired) electrons. The topological polar surface area (TPSA) is 32.3 Å². The van der Waals surface area contributed by atoms with Gasteiger partial charge < -0.3 is 10.2 Å². The molecular formula is C20H21FN2O. The molecule has 1 N–H and O–H groups in total. The van der Waals surface area contributed by atoms with Crippen LogP contribution >= 0.6 is 0 Å².